The summed E-state index contributed by atoms with van der Waals surface area (Å²) in [5.41, 5.74) is 5.28. The summed E-state index contributed by atoms with van der Waals surface area (Å²) in [5, 5.41) is 1.38. The highest BCUT2D eigenvalue weighted by atomic mass is 16.5. The van der Waals surface area contributed by atoms with Crippen molar-refractivity contribution >= 4 is 22.4 Å². The number of aromatic amines is 1. The first kappa shape index (κ1) is 14.6. The number of benzene rings is 1. The van der Waals surface area contributed by atoms with Crippen molar-refractivity contribution in [3.8, 4) is 0 Å². The third-order valence-corrected chi connectivity index (χ3v) is 6.17. The number of rotatable bonds is 2. The van der Waals surface area contributed by atoms with E-state index >= 15 is 0 Å². The van der Waals surface area contributed by atoms with E-state index < -0.39 is 0 Å². The third-order valence-electron chi connectivity index (χ3n) is 6.17. The third kappa shape index (κ3) is 2.16. The van der Waals surface area contributed by atoms with Crippen molar-refractivity contribution < 1.29 is 4.74 Å². The number of pyridine rings is 1. The molecule has 2 bridgehead atoms. The summed E-state index contributed by atoms with van der Waals surface area (Å²) in [6.07, 6.45) is 4.67. The van der Waals surface area contributed by atoms with Crippen molar-refractivity contribution in [2.75, 3.05) is 29.5 Å². The Balaban J connectivity index is 1.25. The van der Waals surface area contributed by atoms with Crippen molar-refractivity contribution in [2.24, 2.45) is 0 Å². The highest BCUT2D eigenvalue weighted by molar-refractivity contribution is 5.85. The number of nitrogens with one attached hydrogen (secondary N) is 1. The maximum atomic E-state index is 5.70. The van der Waals surface area contributed by atoms with Crippen molar-refractivity contribution in [3.05, 3.63) is 53.9 Å². The number of fused-ring (bicyclic) bond motifs is 5. The van der Waals surface area contributed by atoms with E-state index in [0.717, 1.165) is 44.9 Å². The predicted octanol–water partition coefficient (Wildman–Crippen LogP) is 3.10. The van der Waals surface area contributed by atoms with Crippen LogP contribution in [-0.2, 0) is 17.7 Å². The van der Waals surface area contributed by atoms with Crippen LogP contribution in [0.4, 0.5) is 11.5 Å². The average molecular weight is 346 g/mol. The molecule has 5 heterocycles. The summed E-state index contributed by atoms with van der Waals surface area (Å²) in [6, 6.07) is 13.5. The molecule has 5 heteroatoms. The molecule has 1 aromatic carbocycles. The number of aromatic nitrogens is 2. The second-order valence-corrected chi connectivity index (χ2v) is 7.67. The monoisotopic (exact) mass is 346 g/mol. The van der Waals surface area contributed by atoms with Crippen LogP contribution in [0.3, 0.4) is 0 Å². The van der Waals surface area contributed by atoms with Gasteiger partial charge in [-0.25, -0.2) is 4.98 Å². The number of para-hydroxylation sites is 1. The van der Waals surface area contributed by atoms with Gasteiger partial charge < -0.3 is 19.5 Å². The molecule has 3 aromatic rings. The van der Waals surface area contributed by atoms with Gasteiger partial charge in [0.1, 0.15) is 5.82 Å². The number of hydrogen-bond donors (Lipinski definition) is 1. The van der Waals surface area contributed by atoms with Gasteiger partial charge in [0.25, 0.3) is 0 Å². The van der Waals surface area contributed by atoms with Gasteiger partial charge in [-0.05, 0) is 36.6 Å². The topological polar surface area (TPSA) is 44.4 Å². The average Bonchev–Trinajstić information content (AvgIpc) is 3.41. The maximum Gasteiger partial charge on any atom is 0.129 e. The van der Waals surface area contributed by atoms with Gasteiger partial charge in [0.15, 0.2) is 0 Å². The standard InChI is InChI=1S/C21H22N4O/c1-2-4-19-17(3-1)18-7-8-24(12-20(18)23-19)14-5-6-21(22-10-14)25-11-16-9-15(25)13-26-16/h1-6,10,15-16,23H,7-9,11-13H2/t15?,16-/m1/s1. The number of ether oxygens (including phenoxy) is 1. The highest BCUT2D eigenvalue weighted by Crippen LogP contribution is 2.33. The second-order valence-electron chi connectivity index (χ2n) is 7.67. The Morgan fingerprint density at radius 3 is 2.92 bits per heavy atom. The molecule has 1 N–H and O–H groups in total. The Kier molecular flexibility index (Phi) is 3.08. The quantitative estimate of drug-likeness (QED) is 0.774. The Bertz CT molecular complexity index is 964. The van der Waals surface area contributed by atoms with E-state index in [4.69, 9.17) is 9.72 Å². The molecule has 2 aromatic heterocycles. The molecule has 26 heavy (non-hydrogen) atoms. The summed E-state index contributed by atoms with van der Waals surface area (Å²) in [5.74, 6) is 1.09. The fourth-order valence-corrected chi connectivity index (χ4v) is 4.83. The van der Waals surface area contributed by atoms with E-state index in [1.54, 1.807) is 0 Å². The van der Waals surface area contributed by atoms with E-state index in [9.17, 15) is 0 Å². The number of hydrogen-bond acceptors (Lipinski definition) is 4. The first-order chi connectivity index (χ1) is 12.8. The lowest BCUT2D eigenvalue weighted by Gasteiger charge is -2.30. The summed E-state index contributed by atoms with van der Waals surface area (Å²) in [6.45, 7) is 3.80. The largest absolute Gasteiger partial charge is 0.374 e. The van der Waals surface area contributed by atoms with Crippen LogP contribution in [-0.4, -0.2) is 41.8 Å². The Morgan fingerprint density at radius 1 is 1.15 bits per heavy atom. The number of H-pyrrole nitrogens is 1. The first-order valence-corrected chi connectivity index (χ1v) is 9.53. The smallest absolute Gasteiger partial charge is 0.129 e. The molecule has 5 nitrogen and oxygen atoms in total. The molecule has 0 radical (unpaired) electrons. The van der Waals surface area contributed by atoms with Crippen molar-refractivity contribution in [2.45, 2.75) is 31.5 Å². The lowest BCUT2D eigenvalue weighted by molar-refractivity contribution is 0.0989. The summed E-state index contributed by atoms with van der Waals surface area (Å²) in [7, 11) is 0. The van der Waals surface area contributed by atoms with Gasteiger partial charge in [0.05, 0.1) is 37.2 Å². The molecular formula is C21H22N4O. The van der Waals surface area contributed by atoms with Crippen LogP contribution in [0.5, 0.6) is 0 Å². The van der Waals surface area contributed by atoms with Crippen molar-refractivity contribution in [1.29, 1.82) is 0 Å². The minimum absolute atomic E-state index is 0.406. The van der Waals surface area contributed by atoms with Gasteiger partial charge >= 0.3 is 0 Å². The Labute approximate surface area is 152 Å². The minimum Gasteiger partial charge on any atom is -0.374 e. The van der Waals surface area contributed by atoms with E-state index in [1.807, 2.05) is 6.20 Å². The summed E-state index contributed by atoms with van der Waals surface area (Å²) in [4.78, 5) is 13.2. The maximum absolute atomic E-state index is 5.70. The zero-order valence-corrected chi connectivity index (χ0v) is 14.7. The molecule has 3 aliphatic rings. The van der Waals surface area contributed by atoms with E-state index in [2.05, 4.69) is 51.2 Å². The molecule has 2 atom stereocenters. The summed E-state index contributed by atoms with van der Waals surface area (Å²) >= 11 is 0. The molecule has 6 rings (SSSR count). The normalized spacial score (nSPS) is 24.5. The van der Waals surface area contributed by atoms with E-state index in [0.29, 0.717) is 12.1 Å². The van der Waals surface area contributed by atoms with Crippen LogP contribution in [0, 0.1) is 0 Å². The highest BCUT2D eigenvalue weighted by Gasteiger charge is 2.39. The van der Waals surface area contributed by atoms with Crippen LogP contribution in [0.15, 0.2) is 42.6 Å². The lowest BCUT2D eigenvalue weighted by Crippen LogP contribution is -2.37. The molecule has 2 fully saturated rings. The van der Waals surface area contributed by atoms with Crippen LogP contribution >= 0.6 is 0 Å². The molecular weight excluding hydrogens is 324 g/mol. The Hall–Kier alpha value is -2.53. The second kappa shape index (κ2) is 5.48. The van der Waals surface area contributed by atoms with Crippen LogP contribution < -0.4 is 9.80 Å². The molecule has 0 amide bonds. The van der Waals surface area contributed by atoms with Gasteiger partial charge in [-0.15, -0.1) is 0 Å². The zero-order valence-electron chi connectivity index (χ0n) is 14.7. The number of morpholine rings is 1. The molecule has 1 unspecified atom stereocenters. The van der Waals surface area contributed by atoms with Gasteiger partial charge in [0.2, 0.25) is 0 Å². The zero-order chi connectivity index (χ0) is 17.1. The fraction of sp³-hybridized carbons (Fsp3) is 0.381. The van der Waals surface area contributed by atoms with E-state index in [-0.39, 0.29) is 0 Å². The predicted molar refractivity (Wildman–Crippen MR) is 103 cm³/mol. The SMILES string of the molecule is c1ccc2c3c([nH]c2c1)CN(c1ccc(N2C[C@H]4CC2CO4)nc1)CC3. The number of anilines is 2. The van der Waals surface area contributed by atoms with Crippen LogP contribution in [0.25, 0.3) is 10.9 Å². The van der Waals surface area contributed by atoms with Gasteiger partial charge in [0, 0.05) is 29.7 Å². The summed E-state index contributed by atoms with van der Waals surface area (Å²) < 4.78 is 5.70. The molecule has 0 aliphatic carbocycles. The molecule has 2 saturated heterocycles. The van der Waals surface area contributed by atoms with Gasteiger partial charge in [-0.2, -0.15) is 0 Å². The van der Waals surface area contributed by atoms with Crippen molar-refractivity contribution in [1.82, 2.24) is 9.97 Å². The molecule has 132 valence electrons. The fourth-order valence-electron chi connectivity index (χ4n) is 4.83. The first-order valence-electron chi connectivity index (χ1n) is 9.53. The van der Waals surface area contributed by atoms with Crippen LogP contribution in [0.1, 0.15) is 17.7 Å². The molecule has 3 aliphatic heterocycles. The number of nitrogens with zero attached hydrogens (tertiary/aromatic N) is 3. The van der Waals surface area contributed by atoms with Gasteiger partial charge in [-0.1, -0.05) is 18.2 Å². The minimum atomic E-state index is 0.406. The van der Waals surface area contributed by atoms with Crippen molar-refractivity contribution in [3.63, 3.8) is 0 Å². The molecule has 0 spiro atoms. The van der Waals surface area contributed by atoms with Gasteiger partial charge in [-0.3, -0.25) is 0 Å². The van der Waals surface area contributed by atoms with Crippen LogP contribution in [0.2, 0.25) is 0 Å². The molecule has 0 saturated carbocycles. The Morgan fingerprint density at radius 2 is 2.12 bits per heavy atom. The van der Waals surface area contributed by atoms with E-state index in [1.165, 1.54) is 27.8 Å². The lowest BCUT2D eigenvalue weighted by atomic mass is 10.0.